The van der Waals surface area contributed by atoms with Crippen LogP contribution in [0, 0.1) is 5.92 Å². The first kappa shape index (κ1) is 20.7. The van der Waals surface area contributed by atoms with Crippen LogP contribution in [-0.2, 0) is 27.5 Å². The summed E-state index contributed by atoms with van der Waals surface area (Å²) in [7, 11) is 0. The maximum atomic E-state index is 11.5. The summed E-state index contributed by atoms with van der Waals surface area (Å²) in [4.78, 5) is 15.9. The summed E-state index contributed by atoms with van der Waals surface area (Å²) < 4.78 is 11.2. The monoisotopic (exact) mass is 336 g/mol. The quantitative estimate of drug-likeness (QED) is 0.561. The molecule has 1 aromatic heterocycles. The molecule has 0 bridgehead atoms. The van der Waals surface area contributed by atoms with Crippen LogP contribution < -0.4 is 5.32 Å². The molecule has 1 aromatic rings. The number of Topliss-reactive ketones (excluding diaryl/α,β-unsaturated/α-hetero) is 1. The third kappa shape index (κ3) is 9.75. The van der Waals surface area contributed by atoms with Crippen LogP contribution in [0.5, 0.6) is 0 Å². The second-order valence-electron chi connectivity index (χ2n) is 6.60. The molecule has 0 aliphatic carbocycles. The van der Waals surface area contributed by atoms with Crippen LogP contribution in [-0.4, -0.2) is 36.6 Å². The summed E-state index contributed by atoms with van der Waals surface area (Å²) in [5, 5.41) is 3.31. The Morgan fingerprint density at radius 2 is 1.88 bits per heavy atom. The second kappa shape index (κ2) is 12.1. The summed E-state index contributed by atoms with van der Waals surface area (Å²) in [6, 6.07) is 4.46. The molecule has 5 nitrogen and oxygen atoms in total. The number of ketones is 1. The predicted octanol–water partition coefficient (Wildman–Crippen LogP) is 3.12. The lowest BCUT2D eigenvalue weighted by Gasteiger charge is -2.09. The summed E-state index contributed by atoms with van der Waals surface area (Å²) in [6.07, 6.45) is 3.19. The number of rotatable bonds is 13. The smallest absolute Gasteiger partial charge is 0.135 e. The number of carbonyl (C=O) groups excluding carboxylic acids is 1. The van der Waals surface area contributed by atoms with Gasteiger partial charge >= 0.3 is 0 Å². The molecule has 5 heteroatoms. The lowest BCUT2D eigenvalue weighted by molar-refractivity contribution is -0.122. The van der Waals surface area contributed by atoms with E-state index in [1.54, 1.807) is 0 Å². The molecule has 0 aromatic carbocycles. The largest absolute Gasteiger partial charge is 0.375 e. The van der Waals surface area contributed by atoms with Crippen molar-refractivity contribution in [2.45, 2.75) is 59.8 Å². The Hall–Kier alpha value is -1.30. The van der Waals surface area contributed by atoms with Crippen molar-refractivity contribution in [2.75, 3.05) is 19.8 Å². The molecule has 0 aliphatic heterocycles. The standard InChI is InChI=1S/C19H32N2O3/c1-15(2)19(22)6-5-10-23-14-18-8-7-17(12-21-18)13-24-11-9-20-16(3)4/h7-8,12,15-16,20H,5-6,9-11,13-14H2,1-4H3. The Bertz CT molecular complexity index is 458. The van der Waals surface area contributed by atoms with Crippen LogP contribution in [0.25, 0.3) is 0 Å². The molecule has 24 heavy (non-hydrogen) atoms. The van der Waals surface area contributed by atoms with Crippen LogP contribution in [0.4, 0.5) is 0 Å². The van der Waals surface area contributed by atoms with E-state index in [0.29, 0.717) is 44.7 Å². The first-order valence-corrected chi connectivity index (χ1v) is 8.84. The number of hydrogen-bond donors (Lipinski definition) is 1. The topological polar surface area (TPSA) is 60.5 Å². The minimum Gasteiger partial charge on any atom is -0.375 e. The molecule has 0 atom stereocenters. The predicted molar refractivity (Wildman–Crippen MR) is 95.8 cm³/mol. The number of carbonyl (C=O) groups is 1. The van der Waals surface area contributed by atoms with Gasteiger partial charge in [0.2, 0.25) is 0 Å². The van der Waals surface area contributed by atoms with Crippen LogP contribution in [0.1, 0.15) is 51.8 Å². The molecule has 1 N–H and O–H groups in total. The average molecular weight is 336 g/mol. The second-order valence-corrected chi connectivity index (χ2v) is 6.60. The van der Waals surface area contributed by atoms with Crippen molar-refractivity contribution in [3.05, 3.63) is 29.6 Å². The molecule has 0 unspecified atom stereocenters. The van der Waals surface area contributed by atoms with E-state index in [-0.39, 0.29) is 5.92 Å². The number of ether oxygens (including phenoxy) is 2. The van der Waals surface area contributed by atoms with Gasteiger partial charge in [-0.15, -0.1) is 0 Å². The van der Waals surface area contributed by atoms with Crippen LogP contribution in [0.3, 0.4) is 0 Å². The van der Waals surface area contributed by atoms with Crippen molar-refractivity contribution in [3.63, 3.8) is 0 Å². The third-order valence-electron chi connectivity index (χ3n) is 3.56. The first-order valence-electron chi connectivity index (χ1n) is 8.84. The highest BCUT2D eigenvalue weighted by Gasteiger charge is 2.06. The van der Waals surface area contributed by atoms with Gasteiger partial charge in [0.25, 0.3) is 0 Å². The van der Waals surface area contributed by atoms with Gasteiger partial charge in [0.1, 0.15) is 5.78 Å². The molecule has 0 spiro atoms. The zero-order chi connectivity index (χ0) is 17.8. The third-order valence-corrected chi connectivity index (χ3v) is 3.56. The molecule has 0 saturated carbocycles. The first-order chi connectivity index (χ1) is 11.5. The van der Waals surface area contributed by atoms with E-state index in [0.717, 1.165) is 24.2 Å². The van der Waals surface area contributed by atoms with E-state index in [9.17, 15) is 4.79 Å². The molecular formula is C19H32N2O3. The summed E-state index contributed by atoms with van der Waals surface area (Å²) in [6.45, 7) is 11.3. The van der Waals surface area contributed by atoms with E-state index in [2.05, 4.69) is 24.1 Å². The van der Waals surface area contributed by atoms with Crippen molar-refractivity contribution in [1.82, 2.24) is 10.3 Å². The number of nitrogens with zero attached hydrogens (tertiary/aromatic N) is 1. The summed E-state index contributed by atoms with van der Waals surface area (Å²) in [5.74, 6) is 0.409. The highest BCUT2D eigenvalue weighted by molar-refractivity contribution is 5.80. The van der Waals surface area contributed by atoms with E-state index in [1.165, 1.54) is 0 Å². The minimum absolute atomic E-state index is 0.114. The fraction of sp³-hybridized carbons (Fsp3) is 0.684. The molecule has 136 valence electrons. The lowest BCUT2D eigenvalue weighted by atomic mass is 10.1. The van der Waals surface area contributed by atoms with E-state index in [1.807, 2.05) is 32.2 Å². The van der Waals surface area contributed by atoms with Crippen molar-refractivity contribution in [1.29, 1.82) is 0 Å². The van der Waals surface area contributed by atoms with Crippen LogP contribution in [0.15, 0.2) is 18.3 Å². The zero-order valence-corrected chi connectivity index (χ0v) is 15.5. The number of aromatic nitrogens is 1. The summed E-state index contributed by atoms with van der Waals surface area (Å²) >= 11 is 0. The van der Waals surface area contributed by atoms with Crippen LogP contribution >= 0.6 is 0 Å². The van der Waals surface area contributed by atoms with E-state index < -0.39 is 0 Å². The Balaban J connectivity index is 2.12. The van der Waals surface area contributed by atoms with Gasteiger partial charge in [-0.3, -0.25) is 9.78 Å². The molecular weight excluding hydrogens is 304 g/mol. The normalized spacial score (nSPS) is 11.4. The SMILES string of the molecule is CC(C)NCCOCc1ccc(COCCCC(=O)C(C)C)nc1. The van der Waals surface area contributed by atoms with Gasteiger partial charge in [-0.1, -0.05) is 33.8 Å². The fourth-order valence-corrected chi connectivity index (χ4v) is 2.05. The Kier molecular flexibility index (Phi) is 10.5. The highest BCUT2D eigenvalue weighted by Crippen LogP contribution is 2.05. The van der Waals surface area contributed by atoms with Gasteiger partial charge < -0.3 is 14.8 Å². The van der Waals surface area contributed by atoms with E-state index >= 15 is 0 Å². The number of hydrogen-bond acceptors (Lipinski definition) is 5. The Morgan fingerprint density at radius 1 is 1.12 bits per heavy atom. The van der Waals surface area contributed by atoms with Gasteiger partial charge in [-0.05, 0) is 18.1 Å². The maximum Gasteiger partial charge on any atom is 0.135 e. The highest BCUT2D eigenvalue weighted by atomic mass is 16.5. The number of nitrogens with one attached hydrogen (secondary N) is 1. The van der Waals surface area contributed by atoms with Gasteiger partial charge in [0.15, 0.2) is 0 Å². The summed E-state index contributed by atoms with van der Waals surface area (Å²) in [5.41, 5.74) is 1.96. The average Bonchev–Trinajstić information content (AvgIpc) is 2.55. The zero-order valence-electron chi connectivity index (χ0n) is 15.5. The molecule has 0 saturated heterocycles. The molecule has 0 radical (unpaired) electrons. The Morgan fingerprint density at radius 3 is 2.50 bits per heavy atom. The molecule has 1 heterocycles. The van der Waals surface area contributed by atoms with Gasteiger partial charge in [0, 0.05) is 37.7 Å². The van der Waals surface area contributed by atoms with Crippen molar-refractivity contribution in [2.24, 2.45) is 5.92 Å². The van der Waals surface area contributed by atoms with E-state index in [4.69, 9.17) is 9.47 Å². The molecule has 0 aliphatic rings. The van der Waals surface area contributed by atoms with Crippen LogP contribution in [0.2, 0.25) is 0 Å². The van der Waals surface area contributed by atoms with Gasteiger partial charge in [-0.2, -0.15) is 0 Å². The van der Waals surface area contributed by atoms with Crippen molar-refractivity contribution < 1.29 is 14.3 Å². The van der Waals surface area contributed by atoms with Gasteiger partial charge in [-0.25, -0.2) is 0 Å². The Labute approximate surface area is 146 Å². The molecule has 1 rings (SSSR count). The lowest BCUT2D eigenvalue weighted by Crippen LogP contribution is -2.26. The van der Waals surface area contributed by atoms with Gasteiger partial charge in [0.05, 0.1) is 25.5 Å². The molecule has 0 fully saturated rings. The molecule has 0 amide bonds. The van der Waals surface area contributed by atoms with Crippen molar-refractivity contribution >= 4 is 5.78 Å². The minimum atomic E-state index is 0.114. The maximum absolute atomic E-state index is 11.5. The van der Waals surface area contributed by atoms with Crippen molar-refractivity contribution in [3.8, 4) is 0 Å². The fourth-order valence-electron chi connectivity index (χ4n) is 2.05. The number of pyridine rings is 1.